The van der Waals surface area contributed by atoms with Crippen LogP contribution in [0.15, 0.2) is 59.8 Å². The first-order valence-corrected chi connectivity index (χ1v) is 11.4. The zero-order valence-corrected chi connectivity index (χ0v) is 18.4. The molecule has 1 aliphatic heterocycles. The second-order valence-corrected chi connectivity index (χ2v) is 8.43. The van der Waals surface area contributed by atoms with Crippen LogP contribution in [0, 0.1) is 0 Å². The molecule has 1 unspecified atom stereocenters. The van der Waals surface area contributed by atoms with Crippen LogP contribution in [0.2, 0.25) is 0 Å². The third kappa shape index (κ3) is 4.77. The van der Waals surface area contributed by atoms with Crippen molar-refractivity contribution in [3.05, 3.63) is 60.2 Å². The zero-order valence-electron chi connectivity index (χ0n) is 17.6. The Hall–Kier alpha value is -3.33. The standard InChI is InChI=1S/C23H24N4O4S/c1-31-22(30)20(15-8-3-2-4-9-15)26-21(29)18-12-7-13-27(18)19(28)14-32-23-24-16-10-5-6-11-17(16)25-23/h2-6,8-11,18,20H,7,12-14H2,1H3,(H,24,25)(H,26,29)/t18-,20?/m0/s1. The molecule has 2 amide bonds. The third-order valence-corrected chi connectivity index (χ3v) is 6.29. The molecule has 2 aromatic carbocycles. The summed E-state index contributed by atoms with van der Waals surface area (Å²) in [5.41, 5.74) is 2.38. The second-order valence-electron chi connectivity index (χ2n) is 7.47. The second kappa shape index (κ2) is 9.86. The predicted octanol–water partition coefficient (Wildman–Crippen LogP) is 2.68. The number of aromatic nitrogens is 2. The van der Waals surface area contributed by atoms with Gasteiger partial charge < -0.3 is 19.9 Å². The highest BCUT2D eigenvalue weighted by molar-refractivity contribution is 7.99. The van der Waals surface area contributed by atoms with Crippen LogP contribution in [0.5, 0.6) is 0 Å². The van der Waals surface area contributed by atoms with Gasteiger partial charge in [-0.05, 0) is 30.5 Å². The number of nitrogens with zero attached hydrogens (tertiary/aromatic N) is 2. The maximum atomic E-state index is 13.0. The van der Waals surface area contributed by atoms with E-state index in [1.54, 1.807) is 29.2 Å². The fraction of sp³-hybridized carbons (Fsp3) is 0.304. The molecule has 3 aromatic rings. The molecule has 4 rings (SSSR count). The number of methoxy groups -OCH3 is 1. The zero-order chi connectivity index (χ0) is 22.5. The molecule has 0 radical (unpaired) electrons. The van der Waals surface area contributed by atoms with Gasteiger partial charge in [-0.1, -0.05) is 54.2 Å². The number of benzene rings is 2. The smallest absolute Gasteiger partial charge is 0.333 e. The van der Waals surface area contributed by atoms with E-state index in [1.165, 1.54) is 18.9 Å². The first-order chi connectivity index (χ1) is 15.6. The molecule has 1 fully saturated rings. The molecule has 8 nitrogen and oxygen atoms in total. The normalized spacial score (nSPS) is 16.7. The summed E-state index contributed by atoms with van der Waals surface area (Å²) in [5.74, 6) is -0.880. The quantitative estimate of drug-likeness (QED) is 0.422. The summed E-state index contributed by atoms with van der Waals surface area (Å²) >= 11 is 1.31. The number of hydrogen-bond donors (Lipinski definition) is 2. The number of carbonyl (C=O) groups is 3. The number of rotatable bonds is 7. The lowest BCUT2D eigenvalue weighted by molar-refractivity contribution is -0.146. The van der Waals surface area contributed by atoms with E-state index in [1.807, 2.05) is 30.3 Å². The number of nitrogens with one attached hydrogen (secondary N) is 2. The Kier molecular flexibility index (Phi) is 6.75. The van der Waals surface area contributed by atoms with Gasteiger partial charge in [-0.25, -0.2) is 9.78 Å². The largest absolute Gasteiger partial charge is 0.467 e. The molecular formula is C23H24N4O4S. The highest BCUT2D eigenvalue weighted by Crippen LogP contribution is 2.24. The van der Waals surface area contributed by atoms with Gasteiger partial charge in [0, 0.05) is 6.54 Å². The lowest BCUT2D eigenvalue weighted by Gasteiger charge is -2.26. The number of thioether (sulfide) groups is 1. The van der Waals surface area contributed by atoms with Crippen LogP contribution < -0.4 is 5.32 Å². The van der Waals surface area contributed by atoms with Gasteiger partial charge >= 0.3 is 5.97 Å². The minimum absolute atomic E-state index is 0.137. The molecule has 1 saturated heterocycles. The topological polar surface area (TPSA) is 104 Å². The van der Waals surface area contributed by atoms with E-state index < -0.39 is 18.1 Å². The Morgan fingerprint density at radius 3 is 2.69 bits per heavy atom. The molecule has 1 aromatic heterocycles. The summed E-state index contributed by atoms with van der Waals surface area (Å²) in [6.07, 6.45) is 1.28. The van der Waals surface area contributed by atoms with E-state index in [4.69, 9.17) is 4.74 Å². The highest BCUT2D eigenvalue weighted by atomic mass is 32.2. The SMILES string of the molecule is COC(=O)C(NC(=O)[C@@H]1CCCN1C(=O)CSc1nc2ccccc2[nH]1)c1ccccc1. The minimum Gasteiger partial charge on any atom is -0.467 e. The molecule has 0 saturated carbocycles. The van der Waals surface area contributed by atoms with Gasteiger partial charge in [0.25, 0.3) is 0 Å². The molecule has 1 aliphatic rings. The van der Waals surface area contributed by atoms with E-state index >= 15 is 0 Å². The van der Waals surface area contributed by atoms with E-state index in [-0.39, 0.29) is 17.6 Å². The maximum absolute atomic E-state index is 13.0. The molecule has 32 heavy (non-hydrogen) atoms. The van der Waals surface area contributed by atoms with Crippen molar-refractivity contribution in [1.29, 1.82) is 0 Å². The molecule has 166 valence electrons. The molecule has 0 aliphatic carbocycles. The van der Waals surface area contributed by atoms with Crippen LogP contribution in [0.25, 0.3) is 11.0 Å². The van der Waals surface area contributed by atoms with Gasteiger partial charge in [-0.3, -0.25) is 9.59 Å². The molecule has 0 bridgehead atoms. The number of H-pyrrole nitrogens is 1. The molecule has 9 heteroatoms. The monoisotopic (exact) mass is 452 g/mol. The van der Waals surface area contributed by atoms with Crippen LogP contribution in [-0.2, 0) is 19.1 Å². The maximum Gasteiger partial charge on any atom is 0.333 e. The molecule has 2 atom stereocenters. The number of ether oxygens (including phenoxy) is 1. The number of fused-ring (bicyclic) bond motifs is 1. The van der Waals surface area contributed by atoms with Gasteiger partial charge in [0.15, 0.2) is 11.2 Å². The van der Waals surface area contributed by atoms with Crippen LogP contribution in [0.4, 0.5) is 0 Å². The van der Waals surface area contributed by atoms with Crippen molar-refractivity contribution >= 4 is 40.6 Å². The van der Waals surface area contributed by atoms with Gasteiger partial charge in [-0.2, -0.15) is 0 Å². The summed E-state index contributed by atoms with van der Waals surface area (Å²) in [7, 11) is 1.28. The van der Waals surface area contributed by atoms with Crippen molar-refractivity contribution in [1.82, 2.24) is 20.2 Å². The lowest BCUT2D eigenvalue weighted by atomic mass is 10.1. The van der Waals surface area contributed by atoms with Gasteiger partial charge in [0.1, 0.15) is 6.04 Å². The number of carbonyl (C=O) groups excluding carboxylic acids is 3. The Morgan fingerprint density at radius 1 is 1.19 bits per heavy atom. The van der Waals surface area contributed by atoms with Crippen molar-refractivity contribution in [3.63, 3.8) is 0 Å². The average molecular weight is 453 g/mol. The first-order valence-electron chi connectivity index (χ1n) is 10.4. The Balaban J connectivity index is 1.40. The number of aromatic amines is 1. The van der Waals surface area contributed by atoms with Crippen LogP contribution in [-0.4, -0.2) is 58.1 Å². The van der Waals surface area contributed by atoms with Gasteiger partial charge in [0.05, 0.1) is 23.9 Å². The summed E-state index contributed by atoms with van der Waals surface area (Å²) in [4.78, 5) is 47.4. The van der Waals surface area contributed by atoms with Crippen LogP contribution in [0.3, 0.4) is 0 Å². The fourth-order valence-electron chi connectivity index (χ4n) is 3.83. The molecule has 0 spiro atoms. The van der Waals surface area contributed by atoms with E-state index in [0.29, 0.717) is 23.7 Å². The number of amides is 2. The first kappa shape index (κ1) is 21.9. The Labute approximate surface area is 189 Å². The lowest BCUT2D eigenvalue weighted by Crippen LogP contribution is -2.48. The van der Waals surface area contributed by atoms with Gasteiger partial charge in [0.2, 0.25) is 11.8 Å². The predicted molar refractivity (Wildman–Crippen MR) is 121 cm³/mol. The van der Waals surface area contributed by atoms with Crippen molar-refractivity contribution < 1.29 is 19.1 Å². The molecule has 2 N–H and O–H groups in total. The van der Waals surface area contributed by atoms with Gasteiger partial charge in [-0.15, -0.1) is 0 Å². The summed E-state index contributed by atoms with van der Waals surface area (Å²) in [6.45, 7) is 0.506. The number of hydrogen-bond acceptors (Lipinski definition) is 6. The van der Waals surface area contributed by atoms with E-state index in [2.05, 4.69) is 15.3 Å². The third-order valence-electron chi connectivity index (χ3n) is 5.43. The van der Waals surface area contributed by atoms with Crippen molar-refractivity contribution in [2.75, 3.05) is 19.4 Å². The number of imidazole rings is 1. The Morgan fingerprint density at radius 2 is 1.94 bits per heavy atom. The minimum atomic E-state index is -0.920. The van der Waals surface area contributed by atoms with Crippen molar-refractivity contribution in [2.24, 2.45) is 0 Å². The van der Waals surface area contributed by atoms with Crippen LogP contribution in [0.1, 0.15) is 24.4 Å². The van der Waals surface area contributed by atoms with E-state index in [9.17, 15) is 14.4 Å². The number of para-hydroxylation sites is 2. The summed E-state index contributed by atoms with van der Waals surface area (Å²) in [5, 5.41) is 3.43. The number of esters is 1. The van der Waals surface area contributed by atoms with Crippen molar-refractivity contribution in [3.8, 4) is 0 Å². The molecular weight excluding hydrogens is 428 g/mol. The van der Waals surface area contributed by atoms with Crippen molar-refractivity contribution in [2.45, 2.75) is 30.1 Å². The summed E-state index contributed by atoms with van der Waals surface area (Å²) < 4.78 is 4.87. The van der Waals surface area contributed by atoms with E-state index in [0.717, 1.165) is 17.5 Å². The highest BCUT2D eigenvalue weighted by Gasteiger charge is 2.36. The van der Waals surface area contributed by atoms with Crippen LogP contribution >= 0.6 is 11.8 Å². The fourth-order valence-corrected chi connectivity index (χ4v) is 4.60. The molecule has 2 heterocycles. The Bertz CT molecular complexity index is 1080. The summed E-state index contributed by atoms with van der Waals surface area (Å²) in [6, 6.07) is 15.0. The number of likely N-dealkylation sites (tertiary alicyclic amines) is 1. The average Bonchev–Trinajstić information content (AvgIpc) is 3.48.